The van der Waals surface area contributed by atoms with Crippen molar-refractivity contribution in [3.63, 3.8) is 0 Å². The molecule has 0 aliphatic rings. The molecule has 0 unspecified atom stereocenters. The number of sulfonamides is 1. The van der Waals surface area contributed by atoms with E-state index in [2.05, 4.69) is 20.7 Å². The Morgan fingerprint density at radius 1 is 1.17 bits per heavy atom. The molecule has 0 saturated carbocycles. The van der Waals surface area contributed by atoms with E-state index >= 15 is 0 Å². The Balaban J connectivity index is 2.13. The predicted octanol–water partition coefficient (Wildman–Crippen LogP) is 2.76. The molecule has 4 nitrogen and oxygen atoms in total. The average molecular weight is 330 g/mol. The lowest BCUT2D eigenvalue weighted by Gasteiger charge is -1.99. The molecule has 0 aliphatic carbocycles. The molecule has 18 heavy (non-hydrogen) atoms. The number of benzene rings is 1. The summed E-state index contributed by atoms with van der Waals surface area (Å²) in [6.07, 6.45) is 1.12. The molecule has 1 N–H and O–H groups in total. The highest BCUT2D eigenvalue weighted by molar-refractivity contribution is 9.10. The summed E-state index contributed by atoms with van der Waals surface area (Å²) < 4.78 is 30.9. The molecule has 0 saturated heterocycles. The quantitative estimate of drug-likeness (QED) is 0.938. The van der Waals surface area contributed by atoms with Crippen LogP contribution in [0.2, 0.25) is 0 Å². The SMILES string of the molecule is CS(=O)(=O)NCc1ccc(-c2ccc(Br)cc2)o1. The van der Waals surface area contributed by atoms with Gasteiger partial charge in [0.05, 0.1) is 12.8 Å². The summed E-state index contributed by atoms with van der Waals surface area (Å²) in [4.78, 5) is 0. The van der Waals surface area contributed by atoms with E-state index in [4.69, 9.17) is 4.42 Å². The van der Waals surface area contributed by atoms with Crippen molar-refractivity contribution in [1.29, 1.82) is 0 Å². The summed E-state index contributed by atoms with van der Waals surface area (Å²) in [5, 5.41) is 0. The van der Waals surface area contributed by atoms with Crippen LogP contribution >= 0.6 is 15.9 Å². The summed E-state index contributed by atoms with van der Waals surface area (Å²) in [6, 6.07) is 11.3. The van der Waals surface area contributed by atoms with Gasteiger partial charge >= 0.3 is 0 Å². The fourth-order valence-electron chi connectivity index (χ4n) is 1.44. The number of furan rings is 1. The molecule has 96 valence electrons. The van der Waals surface area contributed by atoms with Gasteiger partial charge in [-0.1, -0.05) is 28.1 Å². The molecule has 1 aromatic carbocycles. The van der Waals surface area contributed by atoms with Crippen molar-refractivity contribution in [2.75, 3.05) is 6.26 Å². The summed E-state index contributed by atoms with van der Waals surface area (Å²) in [7, 11) is -3.20. The molecule has 0 aliphatic heterocycles. The van der Waals surface area contributed by atoms with Crippen molar-refractivity contribution in [3.05, 3.63) is 46.6 Å². The zero-order chi connectivity index (χ0) is 13.2. The molecule has 6 heteroatoms. The van der Waals surface area contributed by atoms with Gasteiger partial charge in [-0.3, -0.25) is 0 Å². The summed E-state index contributed by atoms with van der Waals surface area (Å²) in [5.74, 6) is 1.30. The Morgan fingerprint density at radius 3 is 2.44 bits per heavy atom. The van der Waals surface area contributed by atoms with Gasteiger partial charge in [0.25, 0.3) is 0 Å². The van der Waals surface area contributed by atoms with Crippen molar-refractivity contribution in [1.82, 2.24) is 4.72 Å². The van der Waals surface area contributed by atoms with Crippen LogP contribution in [0.15, 0.2) is 45.3 Å². The highest BCUT2D eigenvalue weighted by Gasteiger charge is 2.07. The van der Waals surface area contributed by atoms with Gasteiger partial charge in [-0.25, -0.2) is 13.1 Å². The first-order valence-electron chi connectivity index (χ1n) is 5.23. The van der Waals surface area contributed by atoms with Gasteiger partial charge in [-0.05, 0) is 24.3 Å². The van der Waals surface area contributed by atoms with E-state index in [1.54, 1.807) is 6.07 Å². The van der Waals surface area contributed by atoms with Crippen LogP contribution < -0.4 is 4.72 Å². The van der Waals surface area contributed by atoms with Crippen LogP contribution in [-0.2, 0) is 16.6 Å². The summed E-state index contributed by atoms with van der Waals surface area (Å²) in [6.45, 7) is 0.162. The number of rotatable bonds is 4. The molecular weight excluding hydrogens is 318 g/mol. The molecular formula is C12H12BrNO3S. The van der Waals surface area contributed by atoms with Crippen LogP contribution in [0.5, 0.6) is 0 Å². The molecule has 1 aromatic heterocycles. The van der Waals surface area contributed by atoms with E-state index in [9.17, 15) is 8.42 Å². The number of hydrogen-bond acceptors (Lipinski definition) is 3. The van der Waals surface area contributed by atoms with Crippen molar-refractivity contribution in [2.24, 2.45) is 0 Å². The van der Waals surface area contributed by atoms with E-state index in [0.29, 0.717) is 11.5 Å². The van der Waals surface area contributed by atoms with Crippen LogP contribution in [0.3, 0.4) is 0 Å². The summed E-state index contributed by atoms with van der Waals surface area (Å²) >= 11 is 3.36. The van der Waals surface area contributed by atoms with Crippen LogP contribution in [0, 0.1) is 0 Å². The highest BCUT2D eigenvalue weighted by Crippen LogP contribution is 2.23. The zero-order valence-electron chi connectivity index (χ0n) is 9.68. The molecule has 2 aromatic rings. The second kappa shape index (κ2) is 5.26. The zero-order valence-corrected chi connectivity index (χ0v) is 12.1. The third kappa shape index (κ3) is 3.69. The second-order valence-corrected chi connectivity index (χ2v) is 6.61. The maximum Gasteiger partial charge on any atom is 0.209 e. The van der Waals surface area contributed by atoms with E-state index in [1.807, 2.05) is 30.3 Å². The smallest absolute Gasteiger partial charge is 0.209 e. The normalized spacial score (nSPS) is 11.7. The number of nitrogens with one attached hydrogen (secondary N) is 1. The fourth-order valence-corrected chi connectivity index (χ4v) is 2.11. The molecule has 0 atom stereocenters. The molecule has 0 spiro atoms. The van der Waals surface area contributed by atoms with Crippen LogP contribution in [0.1, 0.15) is 5.76 Å². The van der Waals surface area contributed by atoms with Gasteiger partial charge in [0.15, 0.2) is 0 Å². The van der Waals surface area contributed by atoms with E-state index in [1.165, 1.54) is 0 Å². The molecule has 0 fully saturated rings. The second-order valence-electron chi connectivity index (χ2n) is 3.87. The van der Waals surface area contributed by atoms with Crippen molar-refractivity contribution in [2.45, 2.75) is 6.54 Å². The lowest BCUT2D eigenvalue weighted by molar-refractivity contribution is 0.510. The fraction of sp³-hybridized carbons (Fsp3) is 0.167. The number of halogens is 1. The summed E-state index contributed by atoms with van der Waals surface area (Å²) in [5.41, 5.74) is 0.948. The van der Waals surface area contributed by atoms with E-state index < -0.39 is 10.0 Å². The minimum absolute atomic E-state index is 0.162. The largest absolute Gasteiger partial charge is 0.460 e. The Kier molecular flexibility index (Phi) is 3.89. The molecule has 2 rings (SSSR count). The minimum Gasteiger partial charge on any atom is -0.460 e. The van der Waals surface area contributed by atoms with Crippen LogP contribution in [-0.4, -0.2) is 14.7 Å². The predicted molar refractivity (Wildman–Crippen MR) is 73.5 cm³/mol. The maximum atomic E-state index is 11.0. The van der Waals surface area contributed by atoms with Crippen molar-refractivity contribution < 1.29 is 12.8 Å². The topological polar surface area (TPSA) is 59.3 Å². The van der Waals surface area contributed by atoms with Crippen molar-refractivity contribution >= 4 is 26.0 Å². The van der Waals surface area contributed by atoms with Gasteiger partial charge in [0.1, 0.15) is 11.5 Å². The first-order chi connectivity index (χ1) is 8.44. The highest BCUT2D eigenvalue weighted by atomic mass is 79.9. The molecule has 1 heterocycles. The van der Waals surface area contributed by atoms with Gasteiger partial charge < -0.3 is 4.42 Å². The van der Waals surface area contributed by atoms with Crippen LogP contribution in [0.4, 0.5) is 0 Å². The minimum atomic E-state index is -3.20. The first-order valence-corrected chi connectivity index (χ1v) is 7.92. The lowest BCUT2D eigenvalue weighted by Crippen LogP contribution is -2.20. The molecule has 0 radical (unpaired) electrons. The monoisotopic (exact) mass is 329 g/mol. The van der Waals surface area contributed by atoms with Gasteiger partial charge in [-0.2, -0.15) is 0 Å². The van der Waals surface area contributed by atoms with E-state index in [-0.39, 0.29) is 6.54 Å². The van der Waals surface area contributed by atoms with Gasteiger partial charge in [0.2, 0.25) is 10.0 Å². The maximum absolute atomic E-state index is 11.0. The Bertz CT molecular complexity index is 632. The van der Waals surface area contributed by atoms with Crippen LogP contribution in [0.25, 0.3) is 11.3 Å². The Hall–Kier alpha value is -1.11. The average Bonchev–Trinajstić information content (AvgIpc) is 2.75. The van der Waals surface area contributed by atoms with E-state index in [0.717, 1.165) is 16.3 Å². The lowest BCUT2D eigenvalue weighted by atomic mass is 10.2. The molecule has 0 amide bonds. The third-order valence-electron chi connectivity index (χ3n) is 2.30. The van der Waals surface area contributed by atoms with Crippen molar-refractivity contribution in [3.8, 4) is 11.3 Å². The molecule has 0 bridgehead atoms. The standard InChI is InChI=1S/C12H12BrNO3S/c1-18(15,16)14-8-11-6-7-12(17-11)9-2-4-10(13)5-3-9/h2-7,14H,8H2,1H3. The third-order valence-corrected chi connectivity index (χ3v) is 3.50. The Labute approximate surface area is 114 Å². The van der Waals surface area contributed by atoms with Gasteiger partial charge in [0, 0.05) is 10.0 Å². The number of hydrogen-bond donors (Lipinski definition) is 1. The first kappa shape index (κ1) is 13.3. The van der Waals surface area contributed by atoms with Gasteiger partial charge in [-0.15, -0.1) is 0 Å². The Morgan fingerprint density at radius 2 is 1.83 bits per heavy atom.